The third-order valence-electron chi connectivity index (χ3n) is 2.29. The summed E-state index contributed by atoms with van der Waals surface area (Å²) in [5.41, 5.74) is 0.399. The molecule has 1 amide bonds. The number of carbonyl (C=O) groups excluding carboxylic acids is 1. The van der Waals surface area contributed by atoms with Gasteiger partial charge in [0.05, 0.1) is 12.8 Å². The largest absolute Gasteiger partial charge is 0.325 e. The summed E-state index contributed by atoms with van der Waals surface area (Å²) >= 11 is 0. The van der Waals surface area contributed by atoms with Gasteiger partial charge in [0.25, 0.3) is 0 Å². The van der Waals surface area contributed by atoms with Crippen LogP contribution in [-0.2, 0) is 14.8 Å². The number of amides is 1. The van der Waals surface area contributed by atoms with E-state index in [2.05, 4.69) is 15.4 Å². The van der Waals surface area contributed by atoms with Gasteiger partial charge in [-0.3, -0.25) is 4.79 Å². The molecular weight excluding hydrogens is 285 g/mol. The molecule has 1 aromatic carbocycles. The summed E-state index contributed by atoms with van der Waals surface area (Å²) in [5, 5.41) is 5.41. The molecule has 0 atom stereocenters. The molecule has 0 saturated carbocycles. The van der Waals surface area contributed by atoms with E-state index in [1.807, 2.05) is 0 Å². The van der Waals surface area contributed by atoms with E-state index in [0.29, 0.717) is 25.2 Å². The molecule has 1 rings (SSSR count). The molecule has 0 aliphatic carbocycles. The minimum atomic E-state index is -3.16. The van der Waals surface area contributed by atoms with Crippen LogP contribution in [0.15, 0.2) is 24.3 Å². The van der Waals surface area contributed by atoms with Crippen molar-refractivity contribution in [3.63, 3.8) is 0 Å². The van der Waals surface area contributed by atoms with Crippen molar-refractivity contribution in [1.29, 1.82) is 0 Å². The number of anilines is 1. The van der Waals surface area contributed by atoms with Crippen molar-refractivity contribution in [2.75, 3.05) is 31.2 Å². The second-order valence-corrected chi connectivity index (χ2v) is 6.09. The molecule has 1 aromatic rings. The molecule has 0 radical (unpaired) electrons. The number of nitrogens with one attached hydrogen (secondary N) is 3. The number of sulfonamides is 1. The molecule has 0 aliphatic heterocycles. The Balaban J connectivity index is 2.15. The smallest absolute Gasteiger partial charge is 0.238 e. The van der Waals surface area contributed by atoms with Gasteiger partial charge < -0.3 is 10.6 Å². The van der Waals surface area contributed by atoms with Crippen molar-refractivity contribution in [1.82, 2.24) is 10.0 Å². The highest BCUT2D eigenvalue weighted by Crippen LogP contribution is 2.08. The highest BCUT2D eigenvalue weighted by Gasteiger charge is 2.03. The summed E-state index contributed by atoms with van der Waals surface area (Å²) in [4.78, 5) is 11.5. The lowest BCUT2D eigenvalue weighted by Crippen LogP contribution is -2.31. The van der Waals surface area contributed by atoms with Crippen molar-refractivity contribution >= 4 is 21.6 Å². The first-order valence-electron chi connectivity index (χ1n) is 6.07. The minimum absolute atomic E-state index is 0.0788. The Morgan fingerprint density at radius 1 is 1.30 bits per heavy atom. The molecule has 112 valence electrons. The molecule has 0 unspecified atom stereocenters. The lowest BCUT2D eigenvalue weighted by molar-refractivity contribution is -0.115. The van der Waals surface area contributed by atoms with Crippen molar-refractivity contribution in [3.05, 3.63) is 30.1 Å². The third-order valence-corrected chi connectivity index (χ3v) is 3.02. The molecule has 0 fully saturated rings. The van der Waals surface area contributed by atoms with Crippen LogP contribution in [0.1, 0.15) is 6.42 Å². The minimum Gasteiger partial charge on any atom is -0.325 e. The molecule has 20 heavy (non-hydrogen) atoms. The van der Waals surface area contributed by atoms with Gasteiger partial charge in [-0.05, 0) is 31.2 Å². The first kappa shape index (κ1) is 16.5. The van der Waals surface area contributed by atoms with E-state index >= 15 is 0 Å². The van der Waals surface area contributed by atoms with Crippen molar-refractivity contribution in [3.8, 4) is 0 Å². The zero-order valence-electron chi connectivity index (χ0n) is 11.1. The maximum Gasteiger partial charge on any atom is 0.238 e. The number of hydrogen-bond donors (Lipinski definition) is 3. The summed E-state index contributed by atoms with van der Waals surface area (Å²) in [6, 6.07) is 5.63. The highest BCUT2D eigenvalue weighted by atomic mass is 32.2. The summed E-state index contributed by atoms with van der Waals surface area (Å²) in [7, 11) is -3.16. The zero-order chi connectivity index (χ0) is 15.0. The van der Waals surface area contributed by atoms with E-state index in [1.165, 1.54) is 18.2 Å². The van der Waals surface area contributed by atoms with Gasteiger partial charge >= 0.3 is 0 Å². The van der Waals surface area contributed by atoms with Crippen LogP contribution >= 0.6 is 0 Å². The predicted molar refractivity (Wildman–Crippen MR) is 75.4 cm³/mol. The number of hydrogen-bond acceptors (Lipinski definition) is 4. The predicted octanol–water partition coefficient (Wildman–Crippen LogP) is 0.293. The Hall–Kier alpha value is -1.51. The summed E-state index contributed by atoms with van der Waals surface area (Å²) < 4.78 is 36.8. The summed E-state index contributed by atoms with van der Waals surface area (Å²) in [6.45, 7) is 0.895. The van der Waals surface area contributed by atoms with Crippen molar-refractivity contribution in [2.45, 2.75) is 6.42 Å². The van der Waals surface area contributed by atoms with E-state index in [4.69, 9.17) is 0 Å². The van der Waals surface area contributed by atoms with Crippen LogP contribution in [-0.4, -0.2) is 40.2 Å². The van der Waals surface area contributed by atoms with Gasteiger partial charge in [-0.15, -0.1) is 0 Å². The van der Waals surface area contributed by atoms with E-state index in [9.17, 15) is 17.6 Å². The SMILES string of the molecule is CS(=O)(=O)NCCCNCC(=O)Nc1cccc(F)c1. The lowest BCUT2D eigenvalue weighted by Gasteiger charge is -2.07. The topological polar surface area (TPSA) is 87.3 Å². The average molecular weight is 303 g/mol. The Kier molecular flexibility index (Phi) is 6.56. The number of carbonyl (C=O) groups is 1. The van der Waals surface area contributed by atoms with Crippen LogP contribution in [0, 0.1) is 5.82 Å². The van der Waals surface area contributed by atoms with Gasteiger partial charge in [0.15, 0.2) is 0 Å². The Labute approximate surface area is 117 Å². The van der Waals surface area contributed by atoms with E-state index in [1.54, 1.807) is 6.07 Å². The van der Waals surface area contributed by atoms with Crippen LogP contribution in [0.5, 0.6) is 0 Å². The van der Waals surface area contributed by atoms with Crippen molar-refractivity contribution < 1.29 is 17.6 Å². The van der Waals surface area contributed by atoms with Gasteiger partial charge in [0.2, 0.25) is 15.9 Å². The van der Waals surface area contributed by atoms with Crippen molar-refractivity contribution in [2.24, 2.45) is 0 Å². The molecule has 0 heterocycles. The zero-order valence-corrected chi connectivity index (χ0v) is 12.0. The van der Waals surface area contributed by atoms with Gasteiger partial charge in [-0.1, -0.05) is 6.07 Å². The van der Waals surface area contributed by atoms with Gasteiger partial charge in [0, 0.05) is 12.2 Å². The number of halogens is 1. The normalized spacial score (nSPS) is 11.3. The summed E-state index contributed by atoms with van der Waals surface area (Å²) in [5.74, 6) is -0.700. The fraction of sp³-hybridized carbons (Fsp3) is 0.417. The summed E-state index contributed by atoms with van der Waals surface area (Å²) in [6.07, 6.45) is 1.66. The molecule has 6 nitrogen and oxygen atoms in total. The quantitative estimate of drug-likeness (QED) is 0.603. The van der Waals surface area contributed by atoms with Crippen LogP contribution < -0.4 is 15.4 Å². The molecule has 0 saturated heterocycles. The Morgan fingerprint density at radius 3 is 2.70 bits per heavy atom. The number of rotatable bonds is 8. The standard InChI is InChI=1S/C12H18FN3O3S/c1-20(18,19)15-7-3-6-14-9-12(17)16-11-5-2-4-10(13)8-11/h2,4-5,8,14-15H,3,6-7,9H2,1H3,(H,16,17). The van der Waals surface area contributed by atoms with Gasteiger partial charge in [-0.2, -0.15) is 0 Å². The van der Waals surface area contributed by atoms with Crippen LogP contribution in [0.3, 0.4) is 0 Å². The lowest BCUT2D eigenvalue weighted by atomic mass is 10.3. The van der Waals surface area contributed by atoms with Gasteiger partial charge in [0.1, 0.15) is 5.82 Å². The van der Waals surface area contributed by atoms with Crippen LogP contribution in [0.25, 0.3) is 0 Å². The Bertz CT molecular complexity index is 549. The molecule has 0 bridgehead atoms. The second-order valence-electron chi connectivity index (χ2n) is 4.26. The maximum absolute atomic E-state index is 12.9. The fourth-order valence-electron chi connectivity index (χ4n) is 1.44. The first-order valence-corrected chi connectivity index (χ1v) is 7.97. The fourth-order valence-corrected chi connectivity index (χ4v) is 1.96. The Morgan fingerprint density at radius 2 is 2.05 bits per heavy atom. The molecule has 0 aromatic heterocycles. The van der Waals surface area contributed by atoms with Gasteiger partial charge in [-0.25, -0.2) is 17.5 Å². The number of benzene rings is 1. The molecule has 8 heteroatoms. The average Bonchev–Trinajstić information content (AvgIpc) is 2.32. The monoisotopic (exact) mass is 303 g/mol. The highest BCUT2D eigenvalue weighted by molar-refractivity contribution is 7.88. The van der Waals surface area contributed by atoms with E-state index < -0.39 is 15.8 Å². The molecule has 3 N–H and O–H groups in total. The molecule has 0 aliphatic rings. The maximum atomic E-state index is 12.9. The van der Waals surface area contributed by atoms with Crippen LogP contribution in [0.4, 0.5) is 10.1 Å². The second kappa shape index (κ2) is 7.93. The molecule has 0 spiro atoms. The van der Waals surface area contributed by atoms with E-state index in [-0.39, 0.29) is 12.5 Å². The molecular formula is C12H18FN3O3S. The van der Waals surface area contributed by atoms with E-state index in [0.717, 1.165) is 6.26 Å². The van der Waals surface area contributed by atoms with Crippen LogP contribution in [0.2, 0.25) is 0 Å². The first-order chi connectivity index (χ1) is 9.37. The third kappa shape index (κ3) is 7.82.